The molecule has 22 heavy (non-hydrogen) atoms. The molecule has 120 valence electrons. The van der Waals surface area contributed by atoms with Crippen molar-refractivity contribution in [1.29, 1.82) is 0 Å². The Kier molecular flexibility index (Phi) is 5.58. The van der Waals surface area contributed by atoms with Crippen molar-refractivity contribution in [3.8, 4) is 0 Å². The molecule has 1 aliphatic rings. The maximum absolute atomic E-state index is 11.7. The summed E-state index contributed by atoms with van der Waals surface area (Å²) in [5.74, 6) is 0. The van der Waals surface area contributed by atoms with Crippen LogP contribution < -0.4 is 11.4 Å². The zero-order valence-electron chi connectivity index (χ0n) is 12.6. The Morgan fingerprint density at radius 2 is 2.18 bits per heavy atom. The molecule has 1 aromatic heterocycles. The first-order valence-electron chi connectivity index (χ1n) is 7.23. The van der Waals surface area contributed by atoms with Crippen LogP contribution in [0.2, 0.25) is 0 Å². The Hall–Kier alpha value is -1.40. The van der Waals surface area contributed by atoms with Gasteiger partial charge in [-0.05, 0) is 24.1 Å². The molecule has 1 saturated heterocycles. The van der Waals surface area contributed by atoms with Crippen molar-refractivity contribution < 1.29 is 9.15 Å². The second-order valence-electron chi connectivity index (χ2n) is 5.55. The van der Waals surface area contributed by atoms with E-state index < -0.39 is 0 Å². The summed E-state index contributed by atoms with van der Waals surface area (Å²) in [5, 5.41) is 0.996. The molecule has 6 heteroatoms. The molecular weight excluding hydrogens is 304 g/mol. The van der Waals surface area contributed by atoms with Gasteiger partial charge in [-0.15, -0.1) is 12.4 Å². The predicted molar refractivity (Wildman–Crippen MR) is 88.5 cm³/mol. The third-order valence-corrected chi connectivity index (χ3v) is 3.87. The molecule has 0 radical (unpaired) electrons. The van der Waals surface area contributed by atoms with Crippen LogP contribution in [0.5, 0.6) is 0 Å². The minimum atomic E-state index is -0.299. The maximum Gasteiger partial charge on any atom is 0.336 e. The van der Waals surface area contributed by atoms with Crippen LogP contribution >= 0.6 is 12.4 Å². The number of fused-ring (bicyclic) bond motifs is 1. The minimum Gasteiger partial charge on any atom is -0.423 e. The Labute approximate surface area is 135 Å². The fourth-order valence-electron chi connectivity index (χ4n) is 2.78. The van der Waals surface area contributed by atoms with E-state index in [1.807, 2.05) is 25.1 Å². The summed E-state index contributed by atoms with van der Waals surface area (Å²) in [6.45, 7) is 5.55. The molecule has 2 heterocycles. The first-order valence-corrected chi connectivity index (χ1v) is 7.23. The first-order chi connectivity index (χ1) is 10.2. The van der Waals surface area contributed by atoms with Crippen LogP contribution in [-0.2, 0) is 11.3 Å². The number of aryl methyl sites for hydroxylation is 1. The van der Waals surface area contributed by atoms with Crippen molar-refractivity contribution in [2.45, 2.75) is 19.6 Å². The van der Waals surface area contributed by atoms with Gasteiger partial charge in [0.05, 0.1) is 12.7 Å². The molecular formula is C16H21ClN2O3. The number of halogens is 1. The van der Waals surface area contributed by atoms with E-state index in [1.165, 1.54) is 0 Å². The minimum absolute atomic E-state index is 0. The van der Waals surface area contributed by atoms with Crippen molar-refractivity contribution in [2.75, 3.05) is 26.2 Å². The van der Waals surface area contributed by atoms with E-state index in [0.717, 1.165) is 29.6 Å². The summed E-state index contributed by atoms with van der Waals surface area (Å²) in [6, 6.07) is 7.55. The van der Waals surface area contributed by atoms with Gasteiger partial charge in [-0.3, -0.25) is 4.90 Å². The van der Waals surface area contributed by atoms with Crippen LogP contribution in [0.3, 0.4) is 0 Å². The van der Waals surface area contributed by atoms with E-state index in [4.69, 9.17) is 14.9 Å². The largest absolute Gasteiger partial charge is 0.423 e. The molecule has 2 N–H and O–H groups in total. The Bertz CT molecular complexity index is 701. The number of benzene rings is 1. The number of hydrogen-bond acceptors (Lipinski definition) is 5. The number of hydrogen-bond donors (Lipinski definition) is 1. The molecule has 3 rings (SSSR count). The highest BCUT2D eigenvalue weighted by Crippen LogP contribution is 2.20. The monoisotopic (exact) mass is 324 g/mol. The van der Waals surface area contributed by atoms with Crippen molar-refractivity contribution in [2.24, 2.45) is 5.73 Å². The topological polar surface area (TPSA) is 68.7 Å². The van der Waals surface area contributed by atoms with E-state index >= 15 is 0 Å². The van der Waals surface area contributed by atoms with E-state index in [9.17, 15) is 4.79 Å². The molecule has 1 aliphatic heterocycles. The summed E-state index contributed by atoms with van der Waals surface area (Å²) in [6.07, 6.45) is 0.0763. The van der Waals surface area contributed by atoms with E-state index in [1.54, 1.807) is 6.07 Å². The van der Waals surface area contributed by atoms with Gasteiger partial charge in [-0.2, -0.15) is 0 Å². The summed E-state index contributed by atoms with van der Waals surface area (Å²) in [5.41, 5.74) is 8.11. The smallest absolute Gasteiger partial charge is 0.336 e. The van der Waals surface area contributed by atoms with Crippen LogP contribution in [0.1, 0.15) is 11.1 Å². The number of ether oxygens (including phenoxy) is 1. The van der Waals surface area contributed by atoms with Gasteiger partial charge in [0.1, 0.15) is 5.58 Å². The summed E-state index contributed by atoms with van der Waals surface area (Å²) in [7, 11) is 0. The summed E-state index contributed by atoms with van der Waals surface area (Å²) < 4.78 is 10.9. The van der Waals surface area contributed by atoms with Crippen LogP contribution in [0, 0.1) is 6.92 Å². The highest BCUT2D eigenvalue weighted by Gasteiger charge is 2.20. The zero-order chi connectivity index (χ0) is 14.8. The molecule has 0 spiro atoms. The number of morpholine rings is 1. The molecule has 2 aromatic rings. The molecule has 0 saturated carbocycles. The highest BCUT2D eigenvalue weighted by atomic mass is 35.5. The predicted octanol–water partition coefficient (Wildman–Crippen LogP) is 1.68. The van der Waals surface area contributed by atoms with Crippen LogP contribution in [-0.4, -0.2) is 37.2 Å². The summed E-state index contributed by atoms with van der Waals surface area (Å²) >= 11 is 0. The van der Waals surface area contributed by atoms with Gasteiger partial charge in [0.25, 0.3) is 0 Å². The maximum atomic E-state index is 11.7. The van der Waals surface area contributed by atoms with Gasteiger partial charge < -0.3 is 14.9 Å². The van der Waals surface area contributed by atoms with Crippen LogP contribution in [0.4, 0.5) is 0 Å². The average Bonchev–Trinajstić information content (AvgIpc) is 2.46. The number of nitrogens with zero attached hydrogens (tertiary/aromatic N) is 1. The van der Waals surface area contributed by atoms with E-state index in [0.29, 0.717) is 25.3 Å². The number of rotatable bonds is 3. The normalized spacial score (nSPS) is 19.1. The molecule has 0 aliphatic carbocycles. The highest BCUT2D eigenvalue weighted by molar-refractivity contribution is 5.85. The fourth-order valence-corrected chi connectivity index (χ4v) is 2.78. The third-order valence-electron chi connectivity index (χ3n) is 3.87. The van der Waals surface area contributed by atoms with Crippen LogP contribution in [0.15, 0.2) is 33.5 Å². The van der Waals surface area contributed by atoms with Gasteiger partial charge in [0, 0.05) is 37.6 Å². The average molecular weight is 325 g/mol. The van der Waals surface area contributed by atoms with Crippen molar-refractivity contribution in [1.82, 2.24) is 4.90 Å². The molecule has 1 aromatic carbocycles. The number of nitrogens with two attached hydrogens (primary N) is 1. The third kappa shape index (κ3) is 3.67. The van der Waals surface area contributed by atoms with Crippen molar-refractivity contribution in [3.05, 3.63) is 45.8 Å². The quantitative estimate of drug-likeness (QED) is 0.870. The lowest BCUT2D eigenvalue weighted by Gasteiger charge is -2.32. The Morgan fingerprint density at radius 1 is 1.36 bits per heavy atom. The molecule has 5 nitrogen and oxygen atoms in total. The molecule has 0 amide bonds. The lowest BCUT2D eigenvalue weighted by molar-refractivity contribution is -0.0259. The van der Waals surface area contributed by atoms with E-state index in [2.05, 4.69) is 4.90 Å². The first kappa shape index (κ1) is 17.0. The second-order valence-corrected chi connectivity index (χ2v) is 5.55. The summed E-state index contributed by atoms with van der Waals surface area (Å²) in [4.78, 5) is 14.0. The lowest BCUT2D eigenvalue weighted by atomic mass is 10.1. The zero-order valence-corrected chi connectivity index (χ0v) is 13.4. The van der Waals surface area contributed by atoms with E-state index in [-0.39, 0.29) is 24.1 Å². The Morgan fingerprint density at radius 3 is 2.95 bits per heavy atom. The molecule has 1 unspecified atom stereocenters. The van der Waals surface area contributed by atoms with Gasteiger partial charge in [0.2, 0.25) is 0 Å². The van der Waals surface area contributed by atoms with Gasteiger partial charge in [-0.1, -0.05) is 12.1 Å². The molecule has 1 atom stereocenters. The van der Waals surface area contributed by atoms with Gasteiger partial charge in [0.15, 0.2) is 0 Å². The molecule has 1 fully saturated rings. The second kappa shape index (κ2) is 7.24. The SMILES string of the molecule is Cc1ccc2c(CN3CCOC(CN)C3)cc(=O)oc2c1.Cl. The van der Waals surface area contributed by atoms with Crippen molar-refractivity contribution >= 4 is 23.4 Å². The van der Waals surface area contributed by atoms with Gasteiger partial charge in [-0.25, -0.2) is 4.79 Å². The molecule has 0 bridgehead atoms. The van der Waals surface area contributed by atoms with Crippen molar-refractivity contribution in [3.63, 3.8) is 0 Å². The fraction of sp³-hybridized carbons (Fsp3) is 0.438. The van der Waals surface area contributed by atoms with Crippen LogP contribution in [0.25, 0.3) is 11.0 Å². The lowest BCUT2D eigenvalue weighted by Crippen LogP contribution is -2.45. The Balaban J connectivity index is 0.00000176. The standard InChI is InChI=1S/C16H20N2O3.ClH/c1-11-2-3-14-12(7-16(19)21-15(14)6-11)9-18-4-5-20-13(8-17)10-18;/h2-3,6-7,13H,4-5,8-10,17H2,1H3;1H. The van der Waals surface area contributed by atoms with Gasteiger partial charge >= 0.3 is 5.63 Å².